The highest BCUT2D eigenvalue weighted by molar-refractivity contribution is 7.98. The van der Waals surface area contributed by atoms with Gasteiger partial charge in [-0.3, -0.25) is 10.2 Å². The predicted octanol–water partition coefficient (Wildman–Crippen LogP) is 3.14. The molecule has 5 nitrogen and oxygen atoms in total. The van der Waals surface area contributed by atoms with Crippen molar-refractivity contribution in [2.45, 2.75) is 36.3 Å². The van der Waals surface area contributed by atoms with E-state index in [1.54, 1.807) is 10.4 Å². The van der Waals surface area contributed by atoms with E-state index in [0.29, 0.717) is 6.41 Å². The maximum atomic E-state index is 8.94. The van der Waals surface area contributed by atoms with Gasteiger partial charge in [-0.25, -0.2) is 11.7 Å². The maximum Gasteiger partial charge on any atom is 0.221 e. The Hall–Kier alpha value is -1.54. The number of carbonyl (C=O) groups is 1. The van der Waals surface area contributed by atoms with E-state index in [0.717, 1.165) is 17.4 Å². The van der Waals surface area contributed by atoms with E-state index in [1.807, 2.05) is 30.1 Å². The first kappa shape index (κ1) is 18.8. The van der Waals surface area contributed by atoms with Gasteiger partial charge in [0.2, 0.25) is 6.41 Å². The monoisotopic (exact) mass is 364 g/mol. The van der Waals surface area contributed by atoms with Gasteiger partial charge >= 0.3 is 0 Å². The SMILES string of the molecule is Cc1ccc(CSc2c(C3CC3)cccc2N(C)N)s1.NNC=O. The van der Waals surface area contributed by atoms with Gasteiger partial charge in [0.15, 0.2) is 0 Å². The van der Waals surface area contributed by atoms with Crippen molar-refractivity contribution in [2.24, 2.45) is 11.7 Å². The summed E-state index contributed by atoms with van der Waals surface area (Å²) in [5, 5.41) is 1.74. The van der Waals surface area contributed by atoms with Crippen molar-refractivity contribution in [1.29, 1.82) is 0 Å². The van der Waals surface area contributed by atoms with Crippen LogP contribution in [0.1, 0.15) is 34.1 Å². The third-order valence-electron chi connectivity index (χ3n) is 3.64. The smallest absolute Gasteiger partial charge is 0.221 e. The fraction of sp³-hybridized carbons (Fsp3) is 0.353. The Morgan fingerprint density at radius 1 is 1.38 bits per heavy atom. The Bertz CT molecular complexity index is 648. The molecule has 7 heteroatoms. The summed E-state index contributed by atoms with van der Waals surface area (Å²) in [7, 11) is 1.92. The van der Waals surface area contributed by atoms with Crippen LogP contribution in [-0.4, -0.2) is 13.5 Å². The number of rotatable bonds is 6. The fourth-order valence-corrected chi connectivity index (χ4v) is 4.64. The Morgan fingerprint density at radius 2 is 2.08 bits per heavy atom. The van der Waals surface area contributed by atoms with Gasteiger partial charge < -0.3 is 5.01 Å². The van der Waals surface area contributed by atoms with Crippen molar-refractivity contribution in [3.05, 3.63) is 45.6 Å². The second-order valence-corrected chi connectivity index (χ2v) is 8.02. The van der Waals surface area contributed by atoms with Crippen LogP contribution >= 0.6 is 23.1 Å². The highest BCUT2D eigenvalue weighted by Crippen LogP contribution is 2.47. The predicted molar refractivity (Wildman–Crippen MR) is 103 cm³/mol. The van der Waals surface area contributed by atoms with Crippen molar-refractivity contribution in [3.63, 3.8) is 0 Å². The van der Waals surface area contributed by atoms with E-state index in [1.165, 1.54) is 33.1 Å². The van der Waals surface area contributed by atoms with Crippen LogP contribution in [0.5, 0.6) is 0 Å². The lowest BCUT2D eigenvalue weighted by Crippen LogP contribution is -2.25. The number of nitrogens with one attached hydrogen (secondary N) is 1. The van der Waals surface area contributed by atoms with Crippen molar-refractivity contribution in [3.8, 4) is 0 Å². The van der Waals surface area contributed by atoms with E-state index in [4.69, 9.17) is 10.6 Å². The molecule has 1 fully saturated rings. The van der Waals surface area contributed by atoms with E-state index >= 15 is 0 Å². The normalized spacial score (nSPS) is 13.0. The molecule has 1 saturated carbocycles. The summed E-state index contributed by atoms with van der Waals surface area (Å²) in [6, 6.07) is 11.0. The minimum absolute atomic E-state index is 0.403. The summed E-state index contributed by atoms with van der Waals surface area (Å²) in [4.78, 5) is 13.1. The molecule has 0 bridgehead atoms. The second kappa shape index (κ2) is 9.08. The van der Waals surface area contributed by atoms with Crippen LogP contribution in [-0.2, 0) is 10.5 Å². The molecule has 3 rings (SSSR count). The van der Waals surface area contributed by atoms with Crippen LogP contribution in [0.3, 0.4) is 0 Å². The lowest BCUT2D eigenvalue weighted by molar-refractivity contribution is -0.109. The number of hydrogen-bond acceptors (Lipinski definition) is 6. The van der Waals surface area contributed by atoms with Gasteiger partial charge in [-0.2, -0.15) is 0 Å². The number of thioether (sulfide) groups is 1. The summed E-state index contributed by atoms with van der Waals surface area (Å²) in [5.74, 6) is 12.2. The molecular weight excluding hydrogens is 340 g/mol. The first-order valence-electron chi connectivity index (χ1n) is 7.76. The number of anilines is 1. The molecule has 1 aliphatic rings. The third-order valence-corrected chi connectivity index (χ3v) is 6.02. The van der Waals surface area contributed by atoms with Crippen molar-refractivity contribution in [1.82, 2.24) is 5.43 Å². The van der Waals surface area contributed by atoms with Gasteiger partial charge in [0.1, 0.15) is 0 Å². The molecule has 1 aromatic carbocycles. The number of hydrazine groups is 2. The van der Waals surface area contributed by atoms with Crippen molar-refractivity contribution < 1.29 is 4.79 Å². The lowest BCUT2D eigenvalue weighted by atomic mass is 10.1. The molecule has 130 valence electrons. The van der Waals surface area contributed by atoms with E-state index in [9.17, 15) is 0 Å². The summed E-state index contributed by atoms with van der Waals surface area (Å²) in [6.45, 7) is 2.16. The number of hydrogen-bond donors (Lipinski definition) is 3. The number of aryl methyl sites for hydroxylation is 1. The number of thiophene rings is 1. The molecule has 1 heterocycles. The molecule has 0 saturated heterocycles. The van der Waals surface area contributed by atoms with Crippen molar-refractivity contribution >= 4 is 35.2 Å². The van der Waals surface area contributed by atoms with Gasteiger partial charge in [-0.05, 0) is 49.4 Å². The molecule has 0 spiro atoms. The Kier molecular flexibility index (Phi) is 7.11. The minimum Gasteiger partial charge on any atom is -0.313 e. The first-order valence-corrected chi connectivity index (χ1v) is 9.56. The average Bonchev–Trinajstić information content (AvgIpc) is 3.34. The summed E-state index contributed by atoms with van der Waals surface area (Å²) in [6.07, 6.45) is 3.05. The van der Waals surface area contributed by atoms with E-state index < -0.39 is 0 Å². The van der Waals surface area contributed by atoms with Gasteiger partial charge in [-0.1, -0.05) is 12.1 Å². The molecule has 1 aliphatic carbocycles. The lowest BCUT2D eigenvalue weighted by Gasteiger charge is -2.19. The van der Waals surface area contributed by atoms with E-state index in [-0.39, 0.29) is 0 Å². The summed E-state index contributed by atoms with van der Waals surface area (Å²) in [5.41, 5.74) is 4.38. The molecule has 0 unspecified atom stereocenters. The molecule has 1 amide bonds. The van der Waals surface area contributed by atoms with Gasteiger partial charge in [0.05, 0.1) is 5.69 Å². The largest absolute Gasteiger partial charge is 0.313 e. The van der Waals surface area contributed by atoms with Crippen LogP contribution in [0.2, 0.25) is 0 Å². The Morgan fingerprint density at radius 3 is 2.58 bits per heavy atom. The van der Waals surface area contributed by atoms with Gasteiger partial charge in [-0.15, -0.1) is 23.1 Å². The number of nitrogens with two attached hydrogens (primary N) is 2. The first-order chi connectivity index (χ1) is 11.6. The van der Waals surface area contributed by atoms with Crippen LogP contribution in [0.15, 0.2) is 35.2 Å². The van der Waals surface area contributed by atoms with Crippen LogP contribution in [0, 0.1) is 6.92 Å². The van der Waals surface area contributed by atoms with Crippen molar-refractivity contribution in [2.75, 3.05) is 12.1 Å². The third kappa shape index (κ3) is 5.24. The molecular formula is C17H24N4OS2. The maximum absolute atomic E-state index is 8.94. The topological polar surface area (TPSA) is 84.4 Å². The molecule has 24 heavy (non-hydrogen) atoms. The minimum atomic E-state index is 0.403. The highest BCUT2D eigenvalue weighted by atomic mass is 32.2. The quantitative estimate of drug-likeness (QED) is 0.241. The fourth-order valence-electron chi connectivity index (χ4n) is 2.40. The Balaban J connectivity index is 0.000000471. The molecule has 0 radical (unpaired) electrons. The number of carbonyl (C=O) groups excluding carboxylic acids is 1. The average molecular weight is 365 g/mol. The zero-order valence-electron chi connectivity index (χ0n) is 14.0. The van der Waals surface area contributed by atoms with E-state index in [2.05, 4.69) is 43.1 Å². The standard InChI is InChI=1S/C16H20N2S2.CH4N2O/c1-11-6-9-13(20-11)10-19-16-14(12-7-8-12)4-3-5-15(16)18(2)17;2-3-1-4/h3-6,9,12H,7-8,10,17H2,1-2H3;1H,2H2,(H,3,4). The summed E-state index contributed by atoms with van der Waals surface area (Å²) < 4.78 is 0. The summed E-state index contributed by atoms with van der Waals surface area (Å²) >= 11 is 3.81. The number of amides is 1. The molecule has 0 atom stereocenters. The van der Waals surface area contributed by atoms with Crippen LogP contribution < -0.4 is 22.1 Å². The Labute approximate surface area is 151 Å². The molecule has 5 N–H and O–H groups in total. The zero-order valence-corrected chi connectivity index (χ0v) is 15.6. The van der Waals surface area contributed by atoms with Crippen LogP contribution in [0.25, 0.3) is 0 Å². The van der Waals surface area contributed by atoms with Gasteiger partial charge in [0.25, 0.3) is 0 Å². The second-order valence-electron chi connectivity index (χ2n) is 5.67. The zero-order chi connectivity index (χ0) is 17.5. The van der Waals surface area contributed by atoms with Crippen LogP contribution in [0.4, 0.5) is 5.69 Å². The van der Waals surface area contributed by atoms with Gasteiger partial charge in [0, 0.05) is 27.5 Å². The highest BCUT2D eigenvalue weighted by Gasteiger charge is 2.27. The number of benzene rings is 1. The molecule has 1 aromatic heterocycles. The number of nitrogens with zero attached hydrogens (tertiary/aromatic N) is 1. The molecule has 2 aromatic rings. The molecule has 0 aliphatic heterocycles.